The number of pyridine rings is 1. The lowest BCUT2D eigenvalue weighted by molar-refractivity contribution is 0.102. The molecule has 6 nitrogen and oxygen atoms in total. The molecule has 4 aromatic rings. The number of amides is 1. The van der Waals surface area contributed by atoms with Gasteiger partial charge in [0.1, 0.15) is 18.0 Å². The van der Waals surface area contributed by atoms with Gasteiger partial charge < -0.3 is 9.14 Å². The molecule has 0 unspecified atom stereocenters. The number of fused-ring (bicyclic) bond motifs is 2. The minimum Gasteiger partial charge on any atom is -0.487 e. The van der Waals surface area contributed by atoms with Gasteiger partial charge in [-0.25, -0.2) is 9.97 Å². The summed E-state index contributed by atoms with van der Waals surface area (Å²) < 4.78 is 7.86. The minimum atomic E-state index is -0.151. The molecule has 0 aliphatic heterocycles. The van der Waals surface area contributed by atoms with Gasteiger partial charge in [-0.3, -0.25) is 10.1 Å². The number of nitrogens with zero attached hydrogens (tertiary/aromatic N) is 3. The van der Waals surface area contributed by atoms with Crippen LogP contribution in [0.15, 0.2) is 48.8 Å². The Bertz CT molecular complexity index is 1240. The molecule has 0 saturated carbocycles. The zero-order valence-corrected chi connectivity index (χ0v) is 18.4. The van der Waals surface area contributed by atoms with Crippen LogP contribution < -0.4 is 10.1 Å². The van der Waals surface area contributed by atoms with Crippen molar-refractivity contribution in [3.63, 3.8) is 0 Å². The van der Waals surface area contributed by atoms with Crippen LogP contribution in [-0.2, 0) is 19.4 Å². The van der Waals surface area contributed by atoms with Crippen LogP contribution in [0.1, 0.15) is 45.5 Å². The lowest BCUT2D eigenvalue weighted by Crippen LogP contribution is -2.12. The highest BCUT2D eigenvalue weighted by Gasteiger charge is 2.20. The van der Waals surface area contributed by atoms with Gasteiger partial charge >= 0.3 is 0 Å². The first kappa shape index (κ1) is 19.8. The van der Waals surface area contributed by atoms with E-state index in [9.17, 15) is 4.79 Å². The third-order valence-corrected chi connectivity index (χ3v) is 6.67. The van der Waals surface area contributed by atoms with Crippen molar-refractivity contribution < 1.29 is 9.53 Å². The summed E-state index contributed by atoms with van der Waals surface area (Å²) in [6, 6.07) is 11.2. The van der Waals surface area contributed by atoms with Gasteiger partial charge in [0.2, 0.25) is 0 Å². The molecule has 1 N–H and O–H groups in total. The van der Waals surface area contributed by atoms with Gasteiger partial charge in [0.25, 0.3) is 5.91 Å². The number of hydrogen-bond donors (Lipinski definition) is 1. The molecule has 31 heavy (non-hydrogen) atoms. The van der Waals surface area contributed by atoms with Gasteiger partial charge in [0.15, 0.2) is 5.13 Å². The van der Waals surface area contributed by atoms with Crippen LogP contribution in [0, 0.1) is 12.8 Å². The standard InChI is InChI=1S/C24H24N4O2S/c1-15-5-10-20-21(12-15)31-24(26-20)27-23(29)17-6-8-19(9-7-17)30-14-18-13-28-11-3-4-16(2)22(28)25-18/h3-4,6-9,11,13,15H,5,10,12,14H2,1-2H3,(H,26,27,29)/t15-/m1/s1. The molecule has 0 radical (unpaired) electrons. The summed E-state index contributed by atoms with van der Waals surface area (Å²) in [5, 5.41) is 3.63. The van der Waals surface area contributed by atoms with E-state index in [1.54, 1.807) is 23.5 Å². The first-order valence-corrected chi connectivity index (χ1v) is 11.3. The van der Waals surface area contributed by atoms with Crippen molar-refractivity contribution in [3.05, 3.63) is 76.2 Å². The fraction of sp³-hybridized carbons (Fsp3) is 0.292. The number of ether oxygens (including phenoxy) is 1. The number of anilines is 1. The van der Waals surface area contributed by atoms with Gasteiger partial charge in [-0.1, -0.05) is 13.0 Å². The Hall–Kier alpha value is -3.19. The SMILES string of the molecule is Cc1cccn2cc(COc3ccc(C(=O)Nc4nc5c(s4)C[C@H](C)CC5)cc3)nc12. The number of aromatic nitrogens is 3. The fourth-order valence-corrected chi connectivity index (χ4v) is 5.06. The summed E-state index contributed by atoms with van der Waals surface area (Å²) >= 11 is 1.60. The zero-order chi connectivity index (χ0) is 21.4. The van der Waals surface area contributed by atoms with E-state index in [1.165, 1.54) is 11.3 Å². The Balaban J connectivity index is 1.21. The van der Waals surface area contributed by atoms with Crippen molar-refractivity contribution in [2.24, 2.45) is 5.92 Å². The molecule has 1 aliphatic rings. The summed E-state index contributed by atoms with van der Waals surface area (Å²) in [5.74, 6) is 1.24. The molecule has 3 heterocycles. The van der Waals surface area contributed by atoms with Crippen molar-refractivity contribution in [1.82, 2.24) is 14.4 Å². The first-order valence-electron chi connectivity index (χ1n) is 10.5. The quantitative estimate of drug-likeness (QED) is 0.479. The topological polar surface area (TPSA) is 68.5 Å². The summed E-state index contributed by atoms with van der Waals surface area (Å²) in [4.78, 5) is 23.1. The Labute approximate surface area is 184 Å². The van der Waals surface area contributed by atoms with Crippen LogP contribution in [0.25, 0.3) is 5.65 Å². The summed E-state index contributed by atoms with van der Waals surface area (Å²) in [6.45, 7) is 4.68. The second-order valence-corrected chi connectivity index (χ2v) is 9.24. The maximum absolute atomic E-state index is 12.6. The molecule has 0 saturated heterocycles. The molecule has 1 aromatic carbocycles. The maximum atomic E-state index is 12.6. The number of nitrogens with one attached hydrogen (secondary N) is 1. The highest BCUT2D eigenvalue weighted by Crippen LogP contribution is 2.32. The van der Waals surface area contributed by atoms with Gasteiger partial charge in [-0.2, -0.15) is 0 Å². The van der Waals surface area contributed by atoms with Crippen LogP contribution in [0.3, 0.4) is 0 Å². The van der Waals surface area contributed by atoms with Crippen molar-refractivity contribution in [3.8, 4) is 5.75 Å². The molecule has 7 heteroatoms. The molecule has 158 valence electrons. The molecule has 3 aromatic heterocycles. The molecule has 1 aliphatic carbocycles. The van der Waals surface area contributed by atoms with Crippen molar-refractivity contribution in [2.75, 3.05) is 5.32 Å². The first-order chi connectivity index (χ1) is 15.0. The Morgan fingerprint density at radius 3 is 2.90 bits per heavy atom. The van der Waals surface area contributed by atoms with Gasteiger partial charge in [-0.15, -0.1) is 11.3 Å². The molecule has 5 rings (SSSR count). The molecule has 0 spiro atoms. The van der Waals surface area contributed by atoms with Crippen molar-refractivity contribution in [2.45, 2.75) is 39.7 Å². The summed E-state index contributed by atoms with van der Waals surface area (Å²) in [5.41, 5.74) is 4.64. The van der Waals surface area contributed by atoms with Crippen LogP contribution in [-0.4, -0.2) is 20.3 Å². The van der Waals surface area contributed by atoms with Crippen LogP contribution in [0.4, 0.5) is 5.13 Å². The number of rotatable bonds is 5. The molecule has 0 bridgehead atoms. The number of imidazole rings is 1. The highest BCUT2D eigenvalue weighted by atomic mass is 32.1. The fourth-order valence-electron chi connectivity index (χ4n) is 3.90. The minimum absolute atomic E-state index is 0.151. The smallest absolute Gasteiger partial charge is 0.257 e. The predicted octanol–water partition coefficient (Wildman–Crippen LogP) is 5.06. The van der Waals surface area contributed by atoms with Crippen LogP contribution in [0.5, 0.6) is 5.75 Å². The van der Waals surface area contributed by atoms with Gasteiger partial charge in [0.05, 0.1) is 11.4 Å². The Kier molecular flexibility index (Phi) is 5.19. The van der Waals surface area contributed by atoms with E-state index in [0.29, 0.717) is 29.0 Å². The number of aryl methyl sites for hydroxylation is 2. The number of thiazole rings is 1. The monoisotopic (exact) mass is 432 g/mol. The van der Waals surface area contributed by atoms with E-state index in [2.05, 4.69) is 22.2 Å². The van der Waals surface area contributed by atoms with E-state index < -0.39 is 0 Å². The third kappa shape index (κ3) is 4.18. The number of hydrogen-bond acceptors (Lipinski definition) is 5. The Morgan fingerprint density at radius 2 is 2.10 bits per heavy atom. The van der Waals surface area contributed by atoms with E-state index in [0.717, 1.165) is 35.4 Å². The van der Waals surface area contributed by atoms with Gasteiger partial charge in [-0.05, 0) is 68.0 Å². The Morgan fingerprint density at radius 1 is 1.26 bits per heavy atom. The summed E-state index contributed by atoms with van der Waals surface area (Å²) in [6.07, 6.45) is 7.17. The highest BCUT2D eigenvalue weighted by molar-refractivity contribution is 7.15. The zero-order valence-electron chi connectivity index (χ0n) is 17.6. The molecular weight excluding hydrogens is 408 g/mol. The second-order valence-electron chi connectivity index (χ2n) is 8.16. The van der Waals surface area contributed by atoms with Gasteiger partial charge in [0, 0.05) is 22.8 Å². The lowest BCUT2D eigenvalue weighted by atomic mass is 9.93. The van der Waals surface area contributed by atoms with E-state index in [4.69, 9.17) is 4.74 Å². The predicted molar refractivity (Wildman–Crippen MR) is 122 cm³/mol. The van der Waals surface area contributed by atoms with E-state index in [1.807, 2.05) is 48.0 Å². The normalized spacial score (nSPS) is 15.6. The number of carbonyl (C=O) groups is 1. The van der Waals surface area contributed by atoms with E-state index >= 15 is 0 Å². The van der Waals surface area contributed by atoms with Crippen molar-refractivity contribution >= 4 is 28.0 Å². The average Bonchev–Trinajstić information content (AvgIpc) is 3.36. The largest absolute Gasteiger partial charge is 0.487 e. The van der Waals surface area contributed by atoms with E-state index in [-0.39, 0.29) is 5.91 Å². The maximum Gasteiger partial charge on any atom is 0.257 e. The van der Waals surface area contributed by atoms with Crippen molar-refractivity contribution in [1.29, 1.82) is 0 Å². The molecule has 1 amide bonds. The molecule has 1 atom stereocenters. The average molecular weight is 433 g/mol. The number of benzene rings is 1. The molecule has 0 fully saturated rings. The van der Waals surface area contributed by atoms with Crippen LogP contribution >= 0.6 is 11.3 Å². The lowest BCUT2D eigenvalue weighted by Gasteiger charge is -2.15. The van der Waals surface area contributed by atoms with Crippen LogP contribution in [0.2, 0.25) is 0 Å². The third-order valence-electron chi connectivity index (χ3n) is 5.64. The second kappa shape index (κ2) is 8.15. The molecular formula is C24H24N4O2S. The summed E-state index contributed by atoms with van der Waals surface area (Å²) in [7, 11) is 0. The number of carbonyl (C=O) groups excluding carboxylic acids is 1.